The molecule has 4 rings (SSSR count). The molecule has 5 heteroatoms. The second kappa shape index (κ2) is 6.24. The molecule has 1 heterocycles. The Balaban J connectivity index is 1.41. The third kappa shape index (κ3) is 2.65. The quantitative estimate of drug-likeness (QED) is 0.675. The number of para-hydroxylation sites is 1. The summed E-state index contributed by atoms with van der Waals surface area (Å²) in [4.78, 5) is 26.7. The lowest BCUT2D eigenvalue weighted by Gasteiger charge is -2.22. The number of amides is 3. The Morgan fingerprint density at radius 3 is 2.64 bits per heavy atom. The zero-order valence-electron chi connectivity index (χ0n) is 13.9. The van der Waals surface area contributed by atoms with Gasteiger partial charge < -0.3 is 10.1 Å². The lowest BCUT2D eigenvalue weighted by atomic mass is 9.92. The van der Waals surface area contributed by atoms with Crippen molar-refractivity contribution in [3.63, 3.8) is 0 Å². The normalized spacial score (nSPS) is 21.5. The number of hydrogen-bond acceptors (Lipinski definition) is 3. The highest BCUT2D eigenvalue weighted by Gasteiger charge is 2.54. The molecule has 3 amide bonds. The van der Waals surface area contributed by atoms with Crippen molar-refractivity contribution in [2.45, 2.75) is 24.8 Å². The third-order valence-electron chi connectivity index (χ3n) is 4.96. The average Bonchev–Trinajstić information content (AvgIpc) is 3.13. The van der Waals surface area contributed by atoms with Gasteiger partial charge in [-0.15, -0.1) is 0 Å². The lowest BCUT2D eigenvalue weighted by molar-refractivity contribution is -0.131. The molecule has 1 atom stereocenters. The molecular formula is C20H20N2O3. The molecule has 0 bridgehead atoms. The average molecular weight is 336 g/mol. The smallest absolute Gasteiger partial charge is 0.325 e. The molecule has 2 aromatic carbocycles. The minimum atomic E-state index is -0.867. The van der Waals surface area contributed by atoms with Gasteiger partial charge in [-0.05, 0) is 42.5 Å². The minimum Gasteiger partial charge on any atom is -0.494 e. The first kappa shape index (κ1) is 15.7. The van der Waals surface area contributed by atoms with E-state index >= 15 is 0 Å². The maximum Gasteiger partial charge on any atom is 0.325 e. The third-order valence-corrected chi connectivity index (χ3v) is 4.96. The van der Waals surface area contributed by atoms with Crippen LogP contribution >= 0.6 is 0 Å². The topological polar surface area (TPSA) is 58.6 Å². The number of benzene rings is 2. The van der Waals surface area contributed by atoms with Crippen LogP contribution in [-0.4, -0.2) is 30.0 Å². The van der Waals surface area contributed by atoms with Crippen LogP contribution in [0.3, 0.4) is 0 Å². The highest BCUT2D eigenvalue weighted by molar-refractivity contribution is 6.08. The highest BCUT2D eigenvalue weighted by atomic mass is 16.5. The zero-order chi connectivity index (χ0) is 17.3. The monoisotopic (exact) mass is 336 g/mol. The Bertz CT molecular complexity index is 806. The standard InChI is InChI=1S/C20H20N2O3/c23-18-20(12-11-15-7-4-5-10-17(15)20)21-19(24)22(18)13-6-14-25-16-8-2-1-3-9-16/h1-5,7-10H,6,11-14H2,(H,21,24)/t20-/m1/s1. The molecule has 0 unspecified atom stereocenters. The molecule has 25 heavy (non-hydrogen) atoms. The molecule has 1 spiro atoms. The number of hydrogen-bond donors (Lipinski definition) is 1. The summed E-state index contributed by atoms with van der Waals surface area (Å²) in [5.41, 5.74) is 1.22. The summed E-state index contributed by atoms with van der Waals surface area (Å²) in [6, 6.07) is 17.1. The number of ether oxygens (including phenoxy) is 1. The largest absolute Gasteiger partial charge is 0.494 e. The van der Waals surface area contributed by atoms with Crippen LogP contribution in [-0.2, 0) is 16.8 Å². The van der Waals surface area contributed by atoms with Crippen molar-refractivity contribution >= 4 is 11.9 Å². The Labute approximate surface area is 146 Å². The van der Waals surface area contributed by atoms with Crippen LogP contribution < -0.4 is 10.1 Å². The van der Waals surface area contributed by atoms with Crippen LogP contribution in [0, 0.1) is 0 Å². The summed E-state index contributed by atoms with van der Waals surface area (Å²) in [5.74, 6) is 0.656. The molecule has 0 radical (unpaired) electrons. The van der Waals surface area contributed by atoms with E-state index in [-0.39, 0.29) is 11.9 Å². The molecule has 1 aliphatic heterocycles. The fourth-order valence-corrected chi connectivity index (χ4v) is 3.72. The van der Waals surface area contributed by atoms with Crippen molar-refractivity contribution in [3.8, 4) is 5.75 Å². The predicted octanol–water partition coefficient (Wildman–Crippen LogP) is 2.85. The van der Waals surface area contributed by atoms with E-state index in [1.165, 1.54) is 4.90 Å². The van der Waals surface area contributed by atoms with Crippen molar-refractivity contribution in [1.82, 2.24) is 10.2 Å². The van der Waals surface area contributed by atoms with Crippen LogP contribution in [0.4, 0.5) is 4.79 Å². The van der Waals surface area contributed by atoms with Crippen LogP contribution in [0.2, 0.25) is 0 Å². The Morgan fingerprint density at radius 1 is 1.04 bits per heavy atom. The van der Waals surface area contributed by atoms with Gasteiger partial charge in [0.15, 0.2) is 0 Å². The van der Waals surface area contributed by atoms with E-state index in [4.69, 9.17) is 4.74 Å². The fourth-order valence-electron chi connectivity index (χ4n) is 3.72. The summed E-state index contributed by atoms with van der Waals surface area (Å²) in [6.45, 7) is 0.825. The lowest BCUT2D eigenvalue weighted by Crippen LogP contribution is -2.42. The fraction of sp³-hybridized carbons (Fsp3) is 0.300. The summed E-state index contributed by atoms with van der Waals surface area (Å²) in [6.07, 6.45) is 2.05. The van der Waals surface area contributed by atoms with Gasteiger partial charge in [0.25, 0.3) is 5.91 Å². The van der Waals surface area contributed by atoms with E-state index in [1.54, 1.807) is 0 Å². The van der Waals surface area contributed by atoms with Gasteiger partial charge in [0, 0.05) is 6.54 Å². The minimum absolute atomic E-state index is 0.137. The van der Waals surface area contributed by atoms with E-state index < -0.39 is 5.54 Å². The van der Waals surface area contributed by atoms with Gasteiger partial charge in [-0.25, -0.2) is 4.79 Å². The Hall–Kier alpha value is -2.82. The zero-order valence-corrected chi connectivity index (χ0v) is 13.9. The molecular weight excluding hydrogens is 316 g/mol. The first-order chi connectivity index (χ1) is 12.2. The second-order valence-electron chi connectivity index (χ2n) is 6.46. The SMILES string of the molecule is O=C1N[C@@]2(CCc3ccccc32)C(=O)N1CCCOc1ccccc1. The van der Waals surface area contributed by atoms with Gasteiger partial charge in [0.05, 0.1) is 6.61 Å². The molecule has 5 nitrogen and oxygen atoms in total. The second-order valence-corrected chi connectivity index (χ2v) is 6.46. The molecule has 2 aromatic rings. The summed E-state index contributed by atoms with van der Waals surface area (Å²) in [7, 11) is 0. The Morgan fingerprint density at radius 2 is 1.80 bits per heavy atom. The van der Waals surface area contributed by atoms with Gasteiger partial charge in [-0.2, -0.15) is 0 Å². The van der Waals surface area contributed by atoms with E-state index in [0.717, 1.165) is 23.3 Å². The number of imide groups is 1. The number of aryl methyl sites for hydroxylation is 1. The van der Waals surface area contributed by atoms with E-state index in [2.05, 4.69) is 5.32 Å². The highest BCUT2D eigenvalue weighted by Crippen LogP contribution is 2.41. The number of rotatable bonds is 5. The predicted molar refractivity (Wildman–Crippen MR) is 93.2 cm³/mol. The van der Waals surface area contributed by atoms with Gasteiger partial charge in [0.1, 0.15) is 11.3 Å². The number of nitrogens with zero attached hydrogens (tertiary/aromatic N) is 1. The van der Waals surface area contributed by atoms with Gasteiger partial charge in [-0.1, -0.05) is 42.5 Å². The van der Waals surface area contributed by atoms with E-state index in [9.17, 15) is 9.59 Å². The van der Waals surface area contributed by atoms with Crippen molar-refractivity contribution in [1.29, 1.82) is 0 Å². The number of urea groups is 1. The summed E-state index contributed by atoms with van der Waals surface area (Å²) < 4.78 is 5.64. The summed E-state index contributed by atoms with van der Waals surface area (Å²) >= 11 is 0. The number of carbonyl (C=O) groups excluding carboxylic acids is 2. The van der Waals surface area contributed by atoms with Crippen molar-refractivity contribution in [2.24, 2.45) is 0 Å². The van der Waals surface area contributed by atoms with Gasteiger partial charge in [-0.3, -0.25) is 9.69 Å². The van der Waals surface area contributed by atoms with E-state index in [0.29, 0.717) is 26.0 Å². The maximum absolute atomic E-state index is 13.0. The van der Waals surface area contributed by atoms with Crippen LogP contribution in [0.15, 0.2) is 54.6 Å². The number of nitrogens with one attached hydrogen (secondary N) is 1. The van der Waals surface area contributed by atoms with Gasteiger partial charge in [0.2, 0.25) is 0 Å². The summed E-state index contributed by atoms with van der Waals surface area (Å²) in [5, 5.41) is 2.94. The first-order valence-electron chi connectivity index (χ1n) is 8.61. The van der Waals surface area contributed by atoms with E-state index in [1.807, 2.05) is 54.6 Å². The van der Waals surface area contributed by atoms with Crippen molar-refractivity contribution in [3.05, 3.63) is 65.7 Å². The number of carbonyl (C=O) groups is 2. The molecule has 0 saturated carbocycles. The Kier molecular flexibility index (Phi) is 3.92. The van der Waals surface area contributed by atoms with Crippen molar-refractivity contribution in [2.75, 3.05) is 13.2 Å². The molecule has 1 saturated heterocycles. The molecule has 2 aliphatic rings. The molecule has 1 N–H and O–H groups in total. The number of fused-ring (bicyclic) bond motifs is 2. The maximum atomic E-state index is 13.0. The molecule has 1 fully saturated rings. The molecule has 1 aliphatic carbocycles. The van der Waals surface area contributed by atoms with Crippen molar-refractivity contribution < 1.29 is 14.3 Å². The molecule has 128 valence electrons. The molecule has 0 aromatic heterocycles. The van der Waals surface area contributed by atoms with Crippen LogP contribution in [0.5, 0.6) is 5.75 Å². The van der Waals surface area contributed by atoms with Gasteiger partial charge >= 0.3 is 6.03 Å². The van der Waals surface area contributed by atoms with Crippen LogP contribution in [0.25, 0.3) is 0 Å². The van der Waals surface area contributed by atoms with Crippen LogP contribution in [0.1, 0.15) is 24.0 Å². The first-order valence-corrected chi connectivity index (χ1v) is 8.61.